The number of anilines is 2. The zero-order valence-corrected chi connectivity index (χ0v) is 18.8. The predicted octanol–water partition coefficient (Wildman–Crippen LogP) is 3.49. The van der Waals surface area contributed by atoms with Crippen LogP contribution in [0.15, 0.2) is 67.0 Å². The largest absolute Gasteiger partial charge is 0.352 e. The van der Waals surface area contributed by atoms with Crippen LogP contribution in [0.25, 0.3) is 0 Å². The van der Waals surface area contributed by atoms with Gasteiger partial charge in [0.15, 0.2) is 0 Å². The number of benzene rings is 2. The summed E-state index contributed by atoms with van der Waals surface area (Å²) < 4.78 is 0. The molecule has 1 fully saturated rings. The van der Waals surface area contributed by atoms with Gasteiger partial charge < -0.3 is 15.5 Å². The van der Waals surface area contributed by atoms with Gasteiger partial charge in [0.1, 0.15) is 0 Å². The zero-order valence-electron chi connectivity index (χ0n) is 18.8. The minimum Gasteiger partial charge on any atom is -0.352 e. The van der Waals surface area contributed by atoms with E-state index in [2.05, 4.69) is 27.8 Å². The highest BCUT2D eigenvalue weighted by molar-refractivity contribution is 6.04. The van der Waals surface area contributed by atoms with Gasteiger partial charge in [-0.05, 0) is 72.4 Å². The number of hydrogen-bond donors (Lipinski definition) is 2. The number of aryl methyl sites for hydroxylation is 2. The van der Waals surface area contributed by atoms with Crippen molar-refractivity contribution >= 4 is 29.1 Å². The van der Waals surface area contributed by atoms with Crippen molar-refractivity contribution in [3.63, 3.8) is 0 Å². The summed E-state index contributed by atoms with van der Waals surface area (Å²) in [6.45, 7) is 0.715. The lowest BCUT2D eigenvalue weighted by Gasteiger charge is -2.18. The minimum atomic E-state index is -0.379. The van der Waals surface area contributed by atoms with E-state index in [1.165, 1.54) is 11.1 Å². The van der Waals surface area contributed by atoms with E-state index in [9.17, 15) is 14.4 Å². The maximum Gasteiger partial charge on any atom is 0.255 e. The molecule has 0 bridgehead atoms. The summed E-state index contributed by atoms with van der Waals surface area (Å²) in [6, 6.07) is 16.9. The number of carbonyl (C=O) groups is 3. The molecule has 3 aromatic rings. The van der Waals surface area contributed by atoms with Gasteiger partial charge in [-0.15, -0.1) is 0 Å². The third kappa shape index (κ3) is 4.69. The average Bonchev–Trinajstić information content (AvgIpc) is 3.49. The second-order valence-electron chi connectivity index (χ2n) is 8.82. The van der Waals surface area contributed by atoms with Gasteiger partial charge in [-0.25, -0.2) is 0 Å². The number of nitrogens with zero attached hydrogens (tertiary/aromatic N) is 2. The standard InChI is InChI=1S/C27H26N4O3/c32-25-15-22(17-31(25)24-8-7-19-4-2-5-21(19)14-24)26(33)29-16-18-3-1-6-23(13-18)30-27(34)20-9-11-28-12-10-20/h1,3,6-14,22H,2,4-5,15-17H2,(H,29,33)(H,30,34). The quantitative estimate of drug-likeness (QED) is 0.597. The highest BCUT2D eigenvalue weighted by atomic mass is 16.2. The van der Waals surface area contributed by atoms with E-state index in [0.717, 1.165) is 30.5 Å². The Morgan fingerprint density at radius 1 is 1.00 bits per heavy atom. The fourth-order valence-electron chi connectivity index (χ4n) is 4.66. The Kier molecular flexibility index (Phi) is 6.08. The van der Waals surface area contributed by atoms with Crippen molar-refractivity contribution in [2.24, 2.45) is 5.92 Å². The van der Waals surface area contributed by atoms with Gasteiger partial charge in [0.2, 0.25) is 11.8 Å². The number of aromatic nitrogens is 1. The van der Waals surface area contributed by atoms with Crippen LogP contribution in [-0.4, -0.2) is 29.3 Å². The fraction of sp³-hybridized carbons (Fsp3) is 0.259. The lowest BCUT2D eigenvalue weighted by molar-refractivity contribution is -0.126. The molecule has 1 atom stereocenters. The number of pyridine rings is 1. The first kappa shape index (κ1) is 21.8. The summed E-state index contributed by atoms with van der Waals surface area (Å²) in [5.41, 5.74) is 5.59. The van der Waals surface area contributed by atoms with Crippen LogP contribution in [0.5, 0.6) is 0 Å². The number of nitrogens with one attached hydrogen (secondary N) is 2. The van der Waals surface area contributed by atoms with Crippen LogP contribution in [-0.2, 0) is 29.0 Å². The first-order chi connectivity index (χ1) is 16.6. The van der Waals surface area contributed by atoms with Gasteiger partial charge in [0.25, 0.3) is 5.91 Å². The summed E-state index contributed by atoms with van der Waals surface area (Å²) >= 11 is 0. The van der Waals surface area contributed by atoms with Crippen LogP contribution < -0.4 is 15.5 Å². The van der Waals surface area contributed by atoms with Crippen LogP contribution in [0, 0.1) is 5.92 Å². The van der Waals surface area contributed by atoms with Gasteiger partial charge in [0, 0.05) is 48.8 Å². The second-order valence-corrected chi connectivity index (χ2v) is 8.82. The Morgan fingerprint density at radius 3 is 2.68 bits per heavy atom. The van der Waals surface area contributed by atoms with Crippen LogP contribution in [0.4, 0.5) is 11.4 Å². The molecule has 1 unspecified atom stereocenters. The lowest BCUT2D eigenvalue weighted by atomic mass is 10.1. The Hall–Kier alpha value is -4.00. The maximum atomic E-state index is 12.8. The fourth-order valence-corrected chi connectivity index (χ4v) is 4.66. The van der Waals surface area contributed by atoms with Crippen molar-refractivity contribution in [2.75, 3.05) is 16.8 Å². The van der Waals surface area contributed by atoms with Crippen molar-refractivity contribution in [2.45, 2.75) is 32.2 Å². The molecule has 1 aliphatic carbocycles. The van der Waals surface area contributed by atoms with E-state index in [0.29, 0.717) is 24.3 Å². The molecule has 2 aliphatic rings. The lowest BCUT2D eigenvalue weighted by Crippen LogP contribution is -2.32. The molecule has 34 heavy (non-hydrogen) atoms. The molecule has 7 heteroatoms. The van der Waals surface area contributed by atoms with Gasteiger partial charge >= 0.3 is 0 Å². The first-order valence-electron chi connectivity index (χ1n) is 11.6. The van der Waals surface area contributed by atoms with Gasteiger partial charge in [-0.2, -0.15) is 0 Å². The third-order valence-electron chi connectivity index (χ3n) is 6.48. The van der Waals surface area contributed by atoms with E-state index in [4.69, 9.17) is 0 Å². The zero-order chi connectivity index (χ0) is 23.5. The average molecular weight is 455 g/mol. The highest BCUT2D eigenvalue weighted by Crippen LogP contribution is 2.30. The van der Waals surface area contributed by atoms with E-state index in [-0.39, 0.29) is 30.1 Å². The van der Waals surface area contributed by atoms with Crippen LogP contribution in [0.2, 0.25) is 0 Å². The van der Waals surface area contributed by atoms with Crippen molar-refractivity contribution in [1.82, 2.24) is 10.3 Å². The molecule has 1 aromatic heterocycles. The Labute approximate surface area is 198 Å². The summed E-state index contributed by atoms with van der Waals surface area (Å²) in [7, 11) is 0. The van der Waals surface area contributed by atoms with Crippen LogP contribution in [0.1, 0.15) is 39.9 Å². The summed E-state index contributed by atoms with van der Waals surface area (Å²) in [6.07, 6.45) is 6.66. The van der Waals surface area contributed by atoms with Crippen LogP contribution in [0.3, 0.4) is 0 Å². The van der Waals surface area contributed by atoms with Crippen LogP contribution >= 0.6 is 0 Å². The van der Waals surface area contributed by atoms with E-state index in [1.54, 1.807) is 35.5 Å². The molecule has 2 aromatic carbocycles. The van der Waals surface area contributed by atoms with Crippen molar-refractivity contribution in [3.8, 4) is 0 Å². The van der Waals surface area contributed by atoms with Crippen molar-refractivity contribution < 1.29 is 14.4 Å². The number of amides is 3. The topological polar surface area (TPSA) is 91.4 Å². The predicted molar refractivity (Wildman–Crippen MR) is 129 cm³/mol. The Bertz CT molecular complexity index is 1240. The molecule has 1 aliphatic heterocycles. The number of carbonyl (C=O) groups excluding carboxylic acids is 3. The Balaban J connectivity index is 1.17. The number of rotatable bonds is 6. The molecule has 0 saturated carbocycles. The molecule has 5 rings (SSSR count). The van der Waals surface area contributed by atoms with Gasteiger partial charge in [-0.1, -0.05) is 18.2 Å². The molecular weight excluding hydrogens is 428 g/mol. The molecule has 2 heterocycles. The van der Waals surface area contributed by atoms with Gasteiger partial charge in [-0.3, -0.25) is 19.4 Å². The molecule has 172 valence electrons. The molecule has 1 saturated heterocycles. The maximum absolute atomic E-state index is 12.8. The van der Waals surface area contributed by atoms with E-state index >= 15 is 0 Å². The SMILES string of the molecule is O=C(Nc1cccc(CNC(=O)C2CC(=O)N(c3ccc4c(c3)CCC4)C2)c1)c1ccncc1. The number of hydrogen-bond acceptors (Lipinski definition) is 4. The smallest absolute Gasteiger partial charge is 0.255 e. The van der Waals surface area contributed by atoms with E-state index < -0.39 is 0 Å². The van der Waals surface area contributed by atoms with Gasteiger partial charge in [0.05, 0.1) is 5.92 Å². The highest BCUT2D eigenvalue weighted by Gasteiger charge is 2.35. The second kappa shape index (κ2) is 9.47. The summed E-state index contributed by atoms with van der Waals surface area (Å²) in [4.78, 5) is 43.5. The van der Waals surface area contributed by atoms with Crippen molar-refractivity contribution in [3.05, 3.63) is 89.2 Å². The third-order valence-corrected chi connectivity index (χ3v) is 6.48. The first-order valence-corrected chi connectivity index (χ1v) is 11.6. The molecule has 3 amide bonds. The molecular formula is C27H26N4O3. The summed E-state index contributed by atoms with van der Waals surface area (Å²) in [5, 5.41) is 5.81. The molecule has 0 radical (unpaired) electrons. The minimum absolute atomic E-state index is 0.0149. The number of fused-ring (bicyclic) bond motifs is 1. The molecule has 7 nitrogen and oxygen atoms in total. The monoisotopic (exact) mass is 454 g/mol. The summed E-state index contributed by atoms with van der Waals surface area (Å²) in [5.74, 6) is -0.753. The molecule has 2 N–H and O–H groups in total. The van der Waals surface area contributed by atoms with E-state index in [1.807, 2.05) is 24.3 Å². The molecule has 0 spiro atoms. The van der Waals surface area contributed by atoms with Crippen molar-refractivity contribution in [1.29, 1.82) is 0 Å². The Morgan fingerprint density at radius 2 is 1.82 bits per heavy atom. The normalized spacial score (nSPS) is 16.9.